The second-order valence-corrected chi connectivity index (χ2v) is 6.11. The first-order valence-electron chi connectivity index (χ1n) is 7.06. The number of fused-ring (bicyclic) bond motifs is 1. The maximum absolute atomic E-state index is 8.75. The smallest absolute Gasteiger partial charge is 0.0937 e. The number of aromatic nitrogens is 2. The Morgan fingerprint density at radius 3 is 2.78 bits per heavy atom. The van der Waals surface area contributed by atoms with Crippen LogP contribution in [0.3, 0.4) is 0 Å². The summed E-state index contributed by atoms with van der Waals surface area (Å²) in [7, 11) is 0. The summed E-state index contributed by atoms with van der Waals surface area (Å²) < 4.78 is 1.90. The minimum atomic E-state index is 0.538. The van der Waals surface area contributed by atoms with Crippen molar-refractivity contribution in [3.05, 3.63) is 69.3 Å². The van der Waals surface area contributed by atoms with E-state index in [9.17, 15) is 0 Å². The molecule has 1 heterocycles. The molecular weight excluding hydrogens is 329 g/mol. The molecule has 0 amide bonds. The molecule has 0 atom stereocenters. The Morgan fingerprint density at radius 1 is 1.22 bits per heavy atom. The van der Waals surface area contributed by atoms with E-state index in [1.54, 1.807) is 12.1 Å². The van der Waals surface area contributed by atoms with E-state index >= 15 is 0 Å². The molecule has 3 nitrogen and oxygen atoms in total. The third kappa shape index (κ3) is 3.24. The van der Waals surface area contributed by atoms with Gasteiger partial charge in [0.05, 0.1) is 23.8 Å². The zero-order valence-corrected chi connectivity index (χ0v) is 13.9. The number of hydrogen-bond donors (Lipinski definition) is 0. The van der Waals surface area contributed by atoms with E-state index in [4.69, 9.17) is 28.5 Å². The Hall–Kier alpha value is -2.28. The SMILES string of the molecule is Cc1ccc2c(/C=C\C#N)nn(Cc3ccc(Cl)cc3Cl)c2c1. The van der Waals surface area contributed by atoms with Crippen LogP contribution in [-0.2, 0) is 6.54 Å². The van der Waals surface area contributed by atoms with Gasteiger partial charge in [-0.25, -0.2) is 0 Å². The van der Waals surface area contributed by atoms with Crippen molar-refractivity contribution in [2.24, 2.45) is 0 Å². The molecule has 3 rings (SSSR count). The highest BCUT2D eigenvalue weighted by Crippen LogP contribution is 2.25. The molecular formula is C18H13Cl2N3. The second kappa shape index (κ2) is 6.45. The quantitative estimate of drug-likeness (QED) is 0.611. The number of allylic oxidation sites excluding steroid dienone is 1. The molecule has 0 bridgehead atoms. The summed E-state index contributed by atoms with van der Waals surface area (Å²) >= 11 is 12.2. The van der Waals surface area contributed by atoms with Gasteiger partial charge in [-0.2, -0.15) is 10.4 Å². The van der Waals surface area contributed by atoms with Crippen molar-refractivity contribution in [3.63, 3.8) is 0 Å². The van der Waals surface area contributed by atoms with Gasteiger partial charge in [-0.3, -0.25) is 4.68 Å². The van der Waals surface area contributed by atoms with Gasteiger partial charge in [-0.15, -0.1) is 0 Å². The summed E-state index contributed by atoms with van der Waals surface area (Å²) in [5, 5.41) is 15.6. The first-order chi connectivity index (χ1) is 11.1. The lowest BCUT2D eigenvalue weighted by molar-refractivity contribution is 0.709. The lowest BCUT2D eigenvalue weighted by Crippen LogP contribution is -2.02. The zero-order chi connectivity index (χ0) is 16.4. The van der Waals surface area contributed by atoms with Crippen LogP contribution in [0.1, 0.15) is 16.8 Å². The first-order valence-corrected chi connectivity index (χ1v) is 7.81. The van der Waals surface area contributed by atoms with E-state index in [0.717, 1.165) is 27.7 Å². The molecule has 0 fully saturated rings. The van der Waals surface area contributed by atoms with Crippen LogP contribution in [0.2, 0.25) is 10.0 Å². The number of benzene rings is 2. The fourth-order valence-electron chi connectivity index (χ4n) is 2.48. The lowest BCUT2D eigenvalue weighted by Gasteiger charge is -2.07. The van der Waals surface area contributed by atoms with Gasteiger partial charge < -0.3 is 0 Å². The Balaban J connectivity index is 2.11. The fraction of sp³-hybridized carbons (Fsp3) is 0.111. The Morgan fingerprint density at radius 2 is 2.04 bits per heavy atom. The molecule has 0 aliphatic heterocycles. The summed E-state index contributed by atoms with van der Waals surface area (Å²) in [5.74, 6) is 0. The number of nitriles is 1. The zero-order valence-electron chi connectivity index (χ0n) is 12.4. The van der Waals surface area contributed by atoms with Crippen LogP contribution < -0.4 is 0 Å². The number of rotatable bonds is 3. The van der Waals surface area contributed by atoms with Crippen molar-refractivity contribution < 1.29 is 0 Å². The van der Waals surface area contributed by atoms with Crippen molar-refractivity contribution >= 4 is 40.2 Å². The third-order valence-electron chi connectivity index (χ3n) is 3.59. The molecule has 0 radical (unpaired) electrons. The van der Waals surface area contributed by atoms with E-state index in [1.807, 2.05) is 41.9 Å². The highest BCUT2D eigenvalue weighted by molar-refractivity contribution is 6.35. The summed E-state index contributed by atoms with van der Waals surface area (Å²) in [6.45, 7) is 2.58. The van der Waals surface area contributed by atoms with Crippen LogP contribution >= 0.6 is 23.2 Å². The molecule has 0 aliphatic carbocycles. The molecule has 0 saturated heterocycles. The lowest BCUT2D eigenvalue weighted by atomic mass is 10.1. The van der Waals surface area contributed by atoms with Gasteiger partial charge in [0.25, 0.3) is 0 Å². The first kappa shape index (κ1) is 15.6. The van der Waals surface area contributed by atoms with Gasteiger partial charge in [0, 0.05) is 21.5 Å². The Bertz CT molecular complexity index is 949. The summed E-state index contributed by atoms with van der Waals surface area (Å²) in [5.41, 5.74) is 3.87. The molecule has 5 heteroatoms. The van der Waals surface area contributed by atoms with Gasteiger partial charge in [-0.05, 0) is 42.3 Å². The average molecular weight is 342 g/mol. The van der Waals surface area contributed by atoms with E-state index in [0.29, 0.717) is 16.6 Å². The van der Waals surface area contributed by atoms with E-state index < -0.39 is 0 Å². The summed E-state index contributed by atoms with van der Waals surface area (Å²) in [6, 6.07) is 13.6. The molecule has 3 aromatic rings. The maximum atomic E-state index is 8.75. The predicted molar refractivity (Wildman–Crippen MR) is 94.7 cm³/mol. The molecule has 0 saturated carbocycles. The number of aryl methyl sites for hydroxylation is 1. The number of nitrogens with zero attached hydrogens (tertiary/aromatic N) is 3. The summed E-state index contributed by atoms with van der Waals surface area (Å²) in [4.78, 5) is 0. The van der Waals surface area contributed by atoms with Crippen molar-refractivity contribution in [2.45, 2.75) is 13.5 Å². The molecule has 0 N–H and O–H groups in total. The standard InChI is InChI=1S/C18H13Cl2N3/c1-12-4-7-15-17(3-2-8-21)22-23(18(15)9-12)11-13-5-6-14(19)10-16(13)20/h2-7,9-10H,11H2,1H3/b3-2-. The molecule has 23 heavy (non-hydrogen) atoms. The topological polar surface area (TPSA) is 41.6 Å². The predicted octanol–water partition coefficient (Wildman–Crippen LogP) is 5.24. The van der Waals surface area contributed by atoms with Crippen LogP contribution in [0.15, 0.2) is 42.5 Å². The van der Waals surface area contributed by atoms with Gasteiger partial charge in [-0.1, -0.05) is 41.4 Å². The largest absolute Gasteiger partial charge is 0.260 e. The second-order valence-electron chi connectivity index (χ2n) is 5.26. The molecule has 114 valence electrons. The average Bonchev–Trinajstić information content (AvgIpc) is 2.85. The van der Waals surface area contributed by atoms with Gasteiger partial charge in [0.2, 0.25) is 0 Å². The molecule has 1 aromatic heterocycles. The Labute approximate surface area is 144 Å². The molecule has 2 aromatic carbocycles. The maximum Gasteiger partial charge on any atom is 0.0937 e. The molecule has 0 aliphatic rings. The molecule has 0 spiro atoms. The number of halogens is 2. The third-order valence-corrected chi connectivity index (χ3v) is 4.17. The van der Waals surface area contributed by atoms with E-state index in [-0.39, 0.29) is 0 Å². The van der Waals surface area contributed by atoms with Crippen LogP contribution in [0.4, 0.5) is 0 Å². The van der Waals surface area contributed by atoms with Crippen LogP contribution in [0, 0.1) is 18.3 Å². The van der Waals surface area contributed by atoms with Gasteiger partial charge in [0.15, 0.2) is 0 Å². The highest BCUT2D eigenvalue weighted by Gasteiger charge is 2.11. The summed E-state index contributed by atoms with van der Waals surface area (Å²) in [6.07, 6.45) is 3.15. The van der Waals surface area contributed by atoms with Gasteiger partial charge >= 0.3 is 0 Å². The van der Waals surface area contributed by atoms with Crippen LogP contribution in [0.25, 0.3) is 17.0 Å². The Kier molecular flexibility index (Phi) is 4.38. The van der Waals surface area contributed by atoms with E-state index in [1.165, 1.54) is 6.08 Å². The van der Waals surface area contributed by atoms with E-state index in [2.05, 4.69) is 11.2 Å². The fourth-order valence-corrected chi connectivity index (χ4v) is 2.95. The normalized spacial score (nSPS) is 11.2. The molecule has 0 unspecified atom stereocenters. The van der Waals surface area contributed by atoms with Crippen molar-refractivity contribution in [3.8, 4) is 6.07 Å². The van der Waals surface area contributed by atoms with Crippen molar-refractivity contribution in [1.29, 1.82) is 5.26 Å². The minimum absolute atomic E-state index is 0.538. The van der Waals surface area contributed by atoms with Crippen molar-refractivity contribution in [2.75, 3.05) is 0 Å². The monoisotopic (exact) mass is 341 g/mol. The minimum Gasteiger partial charge on any atom is -0.260 e. The number of hydrogen-bond acceptors (Lipinski definition) is 2. The van der Waals surface area contributed by atoms with Crippen molar-refractivity contribution in [1.82, 2.24) is 9.78 Å². The van der Waals surface area contributed by atoms with Crippen LogP contribution in [0.5, 0.6) is 0 Å². The van der Waals surface area contributed by atoms with Gasteiger partial charge in [0.1, 0.15) is 0 Å². The highest BCUT2D eigenvalue weighted by atomic mass is 35.5. The van der Waals surface area contributed by atoms with Crippen LogP contribution in [-0.4, -0.2) is 9.78 Å².